The SMILES string of the molecule is COCCOC1C(O)CC1Oc1cc(F)ccc1C. The maximum absolute atomic E-state index is 13.2. The molecule has 1 N–H and O–H groups in total. The lowest BCUT2D eigenvalue weighted by molar-refractivity contribution is -0.167. The zero-order valence-electron chi connectivity index (χ0n) is 11.1. The smallest absolute Gasteiger partial charge is 0.130 e. The van der Waals surface area contributed by atoms with E-state index in [4.69, 9.17) is 14.2 Å². The average molecular weight is 270 g/mol. The molecule has 1 saturated carbocycles. The van der Waals surface area contributed by atoms with E-state index >= 15 is 0 Å². The average Bonchev–Trinajstić information content (AvgIpc) is 2.38. The number of methoxy groups -OCH3 is 1. The zero-order valence-corrected chi connectivity index (χ0v) is 11.1. The van der Waals surface area contributed by atoms with Crippen LogP contribution in [0.15, 0.2) is 18.2 Å². The number of hydrogen-bond acceptors (Lipinski definition) is 4. The number of aliphatic hydroxyl groups excluding tert-OH is 1. The van der Waals surface area contributed by atoms with E-state index in [1.54, 1.807) is 13.2 Å². The van der Waals surface area contributed by atoms with Crippen molar-refractivity contribution in [3.05, 3.63) is 29.6 Å². The van der Waals surface area contributed by atoms with Gasteiger partial charge in [0.1, 0.15) is 23.8 Å². The lowest BCUT2D eigenvalue weighted by Crippen LogP contribution is -2.55. The third kappa shape index (κ3) is 3.43. The number of halogens is 1. The number of rotatable bonds is 6. The number of benzene rings is 1. The van der Waals surface area contributed by atoms with Crippen LogP contribution in [0.5, 0.6) is 5.75 Å². The summed E-state index contributed by atoms with van der Waals surface area (Å²) in [5.41, 5.74) is 0.860. The molecule has 0 radical (unpaired) electrons. The van der Waals surface area contributed by atoms with Gasteiger partial charge in [-0.3, -0.25) is 0 Å². The van der Waals surface area contributed by atoms with Gasteiger partial charge in [0.05, 0.1) is 19.3 Å². The maximum Gasteiger partial charge on any atom is 0.130 e. The van der Waals surface area contributed by atoms with Gasteiger partial charge in [-0.1, -0.05) is 6.07 Å². The fraction of sp³-hybridized carbons (Fsp3) is 0.571. The molecule has 5 heteroatoms. The lowest BCUT2D eigenvalue weighted by atomic mass is 9.88. The van der Waals surface area contributed by atoms with Crippen molar-refractivity contribution in [2.75, 3.05) is 20.3 Å². The molecule has 0 saturated heterocycles. The molecule has 1 aliphatic carbocycles. The second-order valence-corrected chi connectivity index (χ2v) is 4.70. The van der Waals surface area contributed by atoms with Crippen molar-refractivity contribution in [1.29, 1.82) is 0 Å². The van der Waals surface area contributed by atoms with Crippen molar-refractivity contribution in [2.45, 2.75) is 31.7 Å². The van der Waals surface area contributed by atoms with Gasteiger partial charge >= 0.3 is 0 Å². The quantitative estimate of drug-likeness (QED) is 0.799. The minimum absolute atomic E-state index is 0.243. The van der Waals surface area contributed by atoms with E-state index in [1.165, 1.54) is 12.1 Å². The largest absolute Gasteiger partial charge is 0.487 e. The number of aryl methyl sites for hydroxylation is 1. The molecule has 106 valence electrons. The summed E-state index contributed by atoms with van der Waals surface area (Å²) in [6.45, 7) is 2.72. The van der Waals surface area contributed by atoms with Crippen LogP contribution in [0.25, 0.3) is 0 Å². The molecule has 0 bridgehead atoms. The minimum atomic E-state index is -0.532. The van der Waals surface area contributed by atoms with Crippen molar-refractivity contribution in [3.8, 4) is 5.75 Å². The summed E-state index contributed by atoms with van der Waals surface area (Å²) in [6.07, 6.45) is -0.658. The topological polar surface area (TPSA) is 47.9 Å². The Hall–Kier alpha value is -1.17. The van der Waals surface area contributed by atoms with Crippen molar-refractivity contribution in [2.24, 2.45) is 0 Å². The summed E-state index contributed by atoms with van der Waals surface area (Å²) in [6, 6.07) is 4.41. The van der Waals surface area contributed by atoms with E-state index in [-0.39, 0.29) is 18.0 Å². The second-order valence-electron chi connectivity index (χ2n) is 4.70. The van der Waals surface area contributed by atoms with E-state index < -0.39 is 6.10 Å². The molecule has 0 heterocycles. The van der Waals surface area contributed by atoms with Crippen LogP contribution in [0.1, 0.15) is 12.0 Å². The molecule has 0 amide bonds. The van der Waals surface area contributed by atoms with Gasteiger partial charge in [-0.05, 0) is 18.6 Å². The lowest BCUT2D eigenvalue weighted by Gasteiger charge is -2.41. The third-order valence-electron chi connectivity index (χ3n) is 3.25. The predicted octanol–water partition coefficient (Wildman–Crippen LogP) is 1.68. The van der Waals surface area contributed by atoms with Crippen LogP contribution in [0, 0.1) is 12.7 Å². The summed E-state index contributed by atoms with van der Waals surface area (Å²) in [7, 11) is 1.59. The van der Waals surface area contributed by atoms with Crippen molar-refractivity contribution in [3.63, 3.8) is 0 Å². The molecule has 4 nitrogen and oxygen atoms in total. The fourth-order valence-corrected chi connectivity index (χ4v) is 2.02. The molecular weight excluding hydrogens is 251 g/mol. The molecule has 3 unspecified atom stereocenters. The minimum Gasteiger partial charge on any atom is -0.487 e. The van der Waals surface area contributed by atoms with Gasteiger partial charge < -0.3 is 19.3 Å². The molecule has 3 atom stereocenters. The molecule has 1 aromatic carbocycles. The maximum atomic E-state index is 13.2. The molecule has 0 aromatic heterocycles. The van der Waals surface area contributed by atoms with E-state index in [2.05, 4.69) is 0 Å². The molecule has 19 heavy (non-hydrogen) atoms. The van der Waals surface area contributed by atoms with Crippen LogP contribution in [0.2, 0.25) is 0 Å². The van der Waals surface area contributed by atoms with Crippen LogP contribution >= 0.6 is 0 Å². The Bertz CT molecular complexity index is 424. The molecule has 2 rings (SSSR count). The number of aliphatic hydroxyl groups is 1. The first kappa shape index (κ1) is 14.2. The highest BCUT2D eigenvalue weighted by molar-refractivity contribution is 5.33. The highest BCUT2D eigenvalue weighted by Gasteiger charge is 2.43. The summed E-state index contributed by atoms with van der Waals surface area (Å²) < 4.78 is 29.3. The van der Waals surface area contributed by atoms with Crippen LogP contribution in [-0.2, 0) is 9.47 Å². The summed E-state index contributed by atoms with van der Waals surface area (Å²) in [5.74, 6) is 0.162. The van der Waals surface area contributed by atoms with Crippen LogP contribution < -0.4 is 4.74 Å². The Morgan fingerprint density at radius 3 is 2.84 bits per heavy atom. The highest BCUT2D eigenvalue weighted by atomic mass is 19.1. The molecule has 0 spiro atoms. The Morgan fingerprint density at radius 1 is 1.37 bits per heavy atom. The number of ether oxygens (including phenoxy) is 3. The second kappa shape index (κ2) is 6.32. The van der Waals surface area contributed by atoms with Crippen LogP contribution in [0.4, 0.5) is 4.39 Å². The normalized spacial score (nSPS) is 26.0. The Morgan fingerprint density at radius 2 is 2.16 bits per heavy atom. The first-order valence-corrected chi connectivity index (χ1v) is 6.33. The Kier molecular flexibility index (Phi) is 4.74. The third-order valence-corrected chi connectivity index (χ3v) is 3.25. The van der Waals surface area contributed by atoms with Gasteiger partial charge in [-0.15, -0.1) is 0 Å². The fourth-order valence-electron chi connectivity index (χ4n) is 2.02. The van der Waals surface area contributed by atoms with Gasteiger partial charge in [-0.2, -0.15) is 0 Å². The molecule has 1 fully saturated rings. The Labute approximate surface area is 112 Å². The first-order valence-electron chi connectivity index (χ1n) is 6.33. The molecule has 0 aliphatic heterocycles. The monoisotopic (exact) mass is 270 g/mol. The summed E-state index contributed by atoms with van der Waals surface area (Å²) in [4.78, 5) is 0. The molecular formula is C14H19FO4. The number of hydrogen-bond donors (Lipinski definition) is 1. The predicted molar refractivity (Wildman–Crippen MR) is 67.8 cm³/mol. The van der Waals surface area contributed by atoms with E-state index in [0.717, 1.165) is 5.56 Å². The van der Waals surface area contributed by atoms with Gasteiger partial charge in [0.2, 0.25) is 0 Å². The molecule has 1 aromatic rings. The summed E-state index contributed by atoms with van der Waals surface area (Å²) in [5, 5.41) is 9.66. The highest BCUT2D eigenvalue weighted by Crippen LogP contribution is 2.30. The van der Waals surface area contributed by atoms with E-state index in [1.807, 2.05) is 6.92 Å². The molecule has 1 aliphatic rings. The van der Waals surface area contributed by atoms with Crippen LogP contribution in [0.3, 0.4) is 0 Å². The summed E-state index contributed by atoms with van der Waals surface area (Å²) >= 11 is 0. The van der Waals surface area contributed by atoms with Gasteiger partial charge in [0.25, 0.3) is 0 Å². The van der Waals surface area contributed by atoms with Crippen molar-refractivity contribution in [1.82, 2.24) is 0 Å². The van der Waals surface area contributed by atoms with Crippen molar-refractivity contribution >= 4 is 0 Å². The van der Waals surface area contributed by atoms with Gasteiger partial charge in [0, 0.05) is 19.6 Å². The standard InChI is InChI=1S/C14H19FO4/c1-9-3-4-10(15)7-12(9)19-13-8-11(16)14(13)18-6-5-17-2/h3-4,7,11,13-14,16H,5-6,8H2,1-2H3. The van der Waals surface area contributed by atoms with Crippen molar-refractivity contribution < 1.29 is 23.7 Å². The van der Waals surface area contributed by atoms with Gasteiger partial charge in [0.15, 0.2) is 0 Å². The van der Waals surface area contributed by atoms with E-state index in [0.29, 0.717) is 25.4 Å². The zero-order chi connectivity index (χ0) is 13.8. The van der Waals surface area contributed by atoms with E-state index in [9.17, 15) is 9.50 Å². The Balaban J connectivity index is 1.93. The first-order chi connectivity index (χ1) is 9.11. The van der Waals surface area contributed by atoms with Crippen LogP contribution in [-0.4, -0.2) is 43.7 Å². The van der Waals surface area contributed by atoms with Gasteiger partial charge in [-0.25, -0.2) is 4.39 Å².